The molecule has 0 aliphatic heterocycles. The van der Waals surface area contributed by atoms with Crippen molar-refractivity contribution in [2.45, 2.75) is 84.0 Å². The molecule has 0 atom stereocenters. The van der Waals surface area contributed by atoms with Gasteiger partial charge in [0.2, 0.25) is 0 Å². The van der Waals surface area contributed by atoms with E-state index in [9.17, 15) is 9.59 Å². The second-order valence-corrected chi connectivity index (χ2v) is 7.94. The van der Waals surface area contributed by atoms with Gasteiger partial charge in [-0.3, -0.25) is 9.59 Å². The minimum absolute atomic E-state index is 0.287. The van der Waals surface area contributed by atoms with E-state index >= 15 is 0 Å². The number of carbonyl (C=O) groups is 2. The summed E-state index contributed by atoms with van der Waals surface area (Å²) in [6.45, 7) is 2.71. The zero-order valence-electron chi connectivity index (χ0n) is 19.6. The van der Waals surface area contributed by atoms with Crippen LogP contribution in [0.4, 0.5) is 0 Å². The van der Waals surface area contributed by atoms with Gasteiger partial charge in [-0.05, 0) is 18.6 Å². The molecule has 1 rings (SSSR count). The van der Waals surface area contributed by atoms with Gasteiger partial charge in [0, 0.05) is 19.7 Å². The van der Waals surface area contributed by atoms with Crippen LogP contribution in [-0.4, -0.2) is 32.5 Å². The maximum Gasteiger partial charge on any atom is 0.254 e. The summed E-state index contributed by atoms with van der Waals surface area (Å²) >= 11 is 0. The summed E-state index contributed by atoms with van der Waals surface area (Å²) in [5.41, 5.74) is 1.04. The van der Waals surface area contributed by atoms with Crippen LogP contribution in [0.1, 0.15) is 110 Å². The highest BCUT2D eigenvalue weighted by Gasteiger charge is 2.21. The van der Waals surface area contributed by atoms with Crippen LogP contribution in [0, 0.1) is 12.3 Å². The number of rotatable bonds is 16. The third kappa shape index (κ3) is 9.91. The van der Waals surface area contributed by atoms with Crippen molar-refractivity contribution < 1.29 is 14.3 Å². The van der Waals surface area contributed by atoms with Gasteiger partial charge >= 0.3 is 0 Å². The van der Waals surface area contributed by atoms with Gasteiger partial charge < -0.3 is 15.4 Å². The third-order valence-corrected chi connectivity index (χ3v) is 5.44. The molecule has 0 fully saturated rings. The molecular formula is C26H40N2O3. The van der Waals surface area contributed by atoms with Gasteiger partial charge in [0.05, 0.1) is 17.7 Å². The monoisotopic (exact) mass is 428 g/mol. The molecule has 5 heteroatoms. The first-order valence-corrected chi connectivity index (χ1v) is 11.8. The van der Waals surface area contributed by atoms with Crippen LogP contribution in [-0.2, 0) is 0 Å². The van der Waals surface area contributed by atoms with E-state index in [0.29, 0.717) is 17.9 Å². The number of ether oxygens (including phenoxy) is 1. The van der Waals surface area contributed by atoms with Gasteiger partial charge in [-0.2, -0.15) is 0 Å². The third-order valence-electron chi connectivity index (χ3n) is 5.44. The highest BCUT2D eigenvalue weighted by molar-refractivity contribution is 6.04. The van der Waals surface area contributed by atoms with Crippen LogP contribution in [0.25, 0.3) is 0 Å². The lowest BCUT2D eigenvalue weighted by molar-refractivity contribution is 0.0955. The molecule has 0 aliphatic carbocycles. The predicted molar refractivity (Wildman–Crippen MR) is 128 cm³/mol. The van der Waals surface area contributed by atoms with Crippen LogP contribution in [0.2, 0.25) is 0 Å². The Balaban J connectivity index is 2.45. The van der Waals surface area contributed by atoms with Crippen LogP contribution in [0.5, 0.6) is 5.75 Å². The molecule has 0 saturated carbocycles. The fraction of sp³-hybridized carbons (Fsp3) is 0.615. The van der Waals surface area contributed by atoms with Gasteiger partial charge in [-0.1, -0.05) is 83.5 Å². The van der Waals surface area contributed by atoms with E-state index in [1.165, 1.54) is 64.2 Å². The number of carbonyl (C=O) groups excluding carboxylic acids is 2. The van der Waals surface area contributed by atoms with Gasteiger partial charge in [0.25, 0.3) is 11.8 Å². The van der Waals surface area contributed by atoms with Crippen LogP contribution in [0.3, 0.4) is 0 Å². The molecule has 1 aromatic rings. The molecule has 172 valence electrons. The van der Waals surface area contributed by atoms with Crippen molar-refractivity contribution in [3.63, 3.8) is 0 Å². The van der Waals surface area contributed by atoms with Crippen molar-refractivity contribution in [3.05, 3.63) is 28.8 Å². The Labute approximate surface area is 188 Å². The van der Waals surface area contributed by atoms with E-state index in [-0.39, 0.29) is 22.9 Å². The number of nitrogens with one attached hydrogen (secondary N) is 2. The summed E-state index contributed by atoms with van der Waals surface area (Å²) in [6, 6.07) is 3.17. The Morgan fingerprint density at radius 3 is 1.61 bits per heavy atom. The number of benzene rings is 1. The smallest absolute Gasteiger partial charge is 0.254 e. The van der Waals surface area contributed by atoms with Gasteiger partial charge in [0.1, 0.15) is 5.75 Å². The fourth-order valence-electron chi connectivity index (χ4n) is 3.59. The second kappa shape index (κ2) is 16.2. The standard InChI is InChI=1S/C26H40N2O3/c1-5-7-8-9-10-11-12-13-14-15-16-17-18-31-24-22(25(29)27-3)19-21(6-2)20-23(24)26(30)28-4/h2,19-20H,5,7-18H2,1,3-4H3,(H,27,29)(H,28,30). The van der Waals surface area contributed by atoms with Crippen molar-refractivity contribution in [2.75, 3.05) is 20.7 Å². The summed E-state index contributed by atoms with van der Waals surface area (Å²) in [5, 5.41) is 5.17. The highest BCUT2D eigenvalue weighted by atomic mass is 16.5. The van der Waals surface area contributed by atoms with E-state index in [1.54, 1.807) is 26.2 Å². The summed E-state index contributed by atoms with van der Waals surface area (Å²) in [4.78, 5) is 24.6. The van der Waals surface area contributed by atoms with Crippen LogP contribution < -0.4 is 15.4 Å². The topological polar surface area (TPSA) is 67.4 Å². The Kier molecular flexibility index (Phi) is 13.9. The van der Waals surface area contributed by atoms with E-state index in [2.05, 4.69) is 23.5 Å². The number of amides is 2. The van der Waals surface area contributed by atoms with Crippen molar-refractivity contribution in [3.8, 4) is 18.1 Å². The van der Waals surface area contributed by atoms with Crippen LogP contribution in [0.15, 0.2) is 12.1 Å². The summed E-state index contributed by atoms with van der Waals surface area (Å²) in [7, 11) is 3.08. The summed E-state index contributed by atoms with van der Waals surface area (Å²) in [5.74, 6) is 2.13. The maximum absolute atomic E-state index is 12.3. The highest BCUT2D eigenvalue weighted by Crippen LogP contribution is 2.27. The molecule has 2 N–H and O–H groups in total. The van der Waals surface area contributed by atoms with E-state index in [1.807, 2.05) is 0 Å². The van der Waals surface area contributed by atoms with Gasteiger partial charge in [-0.15, -0.1) is 6.42 Å². The lowest BCUT2D eigenvalue weighted by atomic mass is 10.0. The van der Waals surface area contributed by atoms with Crippen molar-refractivity contribution in [2.24, 2.45) is 0 Å². The Morgan fingerprint density at radius 1 is 0.806 bits per heavy atom. The van der Waals surface area contributed by atoms with E-state index < -0.39 is 0 Å². The first-order chi connectivity index (χ1) is 15.1. The van der Waals surface area contributed by atoms with Crippen molar-refractivity contribution >= 4 is 11.8 Å². The van der Waals surface area contributed by atoms with Crippen LogP contribution >= 0.6 is 0 Å². The quantitative estimate of drug-likeness (QED) is 0.271. The lowest BCUT2D eigenvalue weighted by Crippen LogP contribution is -2.24. The Bertz CT molecular complexity index is 685. The molecule has 0 aromatic heterocycles. The molecular weight excluding hydrogens is 388 g/mol. The minimum atomic E-state index is -0.327. The Morgan fingerprint density at radius 2 is 1.23 bits per heavy atom. The molecule has 0 unspecified atom stereocenters. The summed E-state index contributed by atoms with van der Waals surface area (Å²) in [6.07, 6.45) is 20.7. The normalized spacial score (nSPS) is 10.4. The number of hydrogen-bond acceptors (Lipinski definition) is 3. The molecule has 0 heterocycles. The predicted octanol–water partition coefficient (Wildman–Crippen LogP) is 5.47. The van der Waals surface area contributed by atoms with Gasteiger partial charge in [-0.25, -0.2) is 0 Å². The molecule has 0 bridgehead atoms. The molecule has 0 saturated heterocycles. The van der Waals surface area contributed by atoms with Crippen molar-refractivity contribution in [1.82, 2.24) is 10.6 Å². The number of unbranched alkanes of at least 4 members (excludes halogenated alkanes) is 11. The molecule has 0 aliphatic rings. The molecule has 31 heavy (non-hydrogen) atoms. The fourth-order valence-corrected chi connectivity index (χ4v) is 3.59. The maximum atomic E-state index is 12.3. The Hall–Kier alpha value is -2.48. The number of terminal acetylenes is 1. The molecule has 5 nitrogen and oxygen atoms in total. The zero-order chi connectivity index (χ0) is 22.9. The average molecular weight is 429 g/mol. The molecule has 0 radical (unpaired) electrons. The average Bonchev–Trinajstić information content (AvgIpc) is 2.80. The molecule has 2 amide bonds. The lowest BCUT2D eigenvalue weighted by Gasteiger charge is -2.15. The summed E-state index contributed by atoms with van der Waals surface area (Å²) < 4.78 is 5.92. The van der Waals surface area contributed by atoms with Gasteiger partial charge in [0.15, 0.2) is 0 Å². The first-order valence-electron chi connectivity index (χ1n) is 11.8. The van der Waals surface area contributed by atoms with E-state index in [0.717, 1.165) is 12.8 Å². The zero-order valence-corrected chi connectivity index (χ0v) is 19.6. The first kappa shape index (κ1) is 26.6. The van der Waals surface area contributed by atoms with Crippen molar-refractivity contribution in [1.29, 1.82) is 0 Å². The molecule has 1 aromatic carbocycles. The minimum Gasteiger partial charge on any atom is -0.492 e. The molecule has 0 spiro atoms. The van der Waals surface area contributed by atoms with E-state index in [4.69, 9.17) is 11.2 Å². The number of hydrogen-bond donors (Lipinski definition) is 2. The largest absolute Gasteiger partial charge is 0.492 e. The second-order valence-electron chi connectivity index (χ2n) is 7.94. The SMILES string of the molecule is C#Cc1cc(C(=O)NC)c(OCCCCCCCCCCCCCC)c(C(=O)NC)c1.